The SMILES string of the molecule is COc1cc(OC)c(OC)cc1Nc1ccc(C)cc1. The highest BCUT2D eigenvalue weighted by Gasteiger charge is 2.11. The molecule has 0 radical (unpaired) electrons. The molecule has 0 amide bonds. The molecule has 0 spiro atoms. The Kier molecular flexibility index (Phi) is 4.35. The summed E-state index contributed by atoms with van der Waals surface area (Å²) in [6.07, 6.45) is 0. The molecule has 20 heavy (non-hydrogen) atoms. The van der Waals surface area contributed by atoms with Gasteiger partial charge in [-0.05, 0) is 19.1 Å². The molecule has 106 valence electrons. The van der Waals surface area contributed by atoms with Crippen molar-refractivity contribution in [1.29, 1.82) is 0 Å². The first-order valence-corrected chi connectivity index (χ1v) is 6.31. The minimum Gasteiger partial charge on any atom is -0.494 e. The maximum absolute atomic E-state index is 5.39. The van der Waals surface area contributed by atoms with Crippen molar-refractivity contribution in [2.24, 2.45) is 0 Å². The van der Waals surface area contributed by atoms with Crippen LogP contribution < -0.4 is 19.5 Å². The van der Waals surface area contributed by atoms with Gasteiger partial charge in [-0.1, -0.05) is 17.7 Å². The predicted octanol–water partition coefficient (Wildman–Crippen LogP) is 3.76. The van der Waals surface area contributed by atoms with Crippen LogP contribution in [0, 0.1) is 6.92 Å². The minimum atomic E-state index is 0.638. The van der Waals surface area contributed by atoms with Gasteiger partial charge >= 0.3 is 0 Å². The van der Waals surface area contributed by atoms with Gasteiger partial charge in [0.2, 0.25) is 0 Å². The Labute approximate surface area is 119 Å². The standard InChI is InChI=1S/C16H19NO3/c1-11-5-7-12(8-6-11)17-13-9-15(19-3)16(20-4)10-14(13)18-2/h5-10,17H,1-4H3. The van der Waals surface area contributed by atoms with Crippen molar-refractivity contribution < 1.29 is 14.2 Å². The van der Waals surface area contributed by atoms with Gasteiger partial charge in [-0.15, -0.1) is 0 Å². The van der Waals surface area contributed by atoms with E-state index >= 15 is 0 Å². The molecule has 2 aromatic rings. The highest BCUT2D eigenvalue weighted by atomic mass is 16.5. The van der Waals surface area contributed by atoms with Crippen LogP contribution in [0.4, 0.5) is 11.4 Å². The number of methoxy groups -OCH3 is 3. The number of aryl methyl sites for hydroxylation is 1. The Hall–Kier alpha value is -2.36. The summed E-state index contributed by atoms with van der Waals surface area (Å²) in [5, 5.41) is 3.32. The second kappa shape index (κ2) is 6.19. The summed E-state index contributed by atoms with van der Waals surface area (Å²) in [7, 11) is 4.84. The molecule has 0 saturated heterocycles. The highest BCUT2D eigenvalue weighted by Crippen LogP contribution is 2.39. The first-order chi connectivity index (χ1) is 9.67. The van der Waals surface area contributed by atoms with E-state index in [0.717, 1.165) is 11.4 Å². The zero-order chi connectivity index (χ0) is 14.5. The van der Waals surface area contributed by atoms with Gasteiger partial charge in [0.1, 0.15) is 5.75 Å². The molecule has 0 saturated carbocycles. The van der Waals surface area contributed by atoms with Crippen molar-refractivity contribution in [2.75, 3.05) is 26.6 Å². The lowest BCUT2D eigenvalue weighted by Crippen LogP contribution is -1.98. The lowest BCUT2D eigenvalue weighted by atomic mass is 10.2. The molecule has 0 aliphatic heterocycles. The predicted molar refractivity (Wildman–Crippen MR) is 80.6 cm³/mol. The van der Waals surface area contributed by atoms with Crippen LogP contribution in [0.2, 0.25) is 0 Å². The van der Waals surface area contributed by atoms with E-state index in [9.17, 15) is 0 Å². The van der Waals surface area contributed by atoms with Crippen LogP contribution in [-0.4, -0.2) is 21.3 Å². The summed E-state index contributed by atoms with van der Waals surface area (Å²) in [5.41, 5.74) is 3.03. The van der Waals surface area contributed by atoms with Gasteiger partial charge in [0, 0.05) is 17.8 Å². The number of hydrogen-bond acceptors (Lipinski definition) is 4. The average molecular weight is 273 g/mol. The average Bonchev–Trinajstić information content (AvgIpc) is 2.49. The summed E-state index contributed by atoms with van der Waals surface area (Å²) >= 11 is 0. The molecule has 0 atom stereocenters. The van der Waals surface area contributed by atoms with Crippen molar-refractivity contribution in [3.63, 3.8) is 0 Å². The van der Waals surface area contributed by atoms with Crippen molar-refractivity contribution in [3.8, 4) is 17.2 Å². The molecule has 0 aromatic heterocycles. The van der Waals surface area contributed by atoms with Crippen molar-refractivity contribution in [2.45, 2.75) is 6.92 Å². The fourth-order valence-electron chi connectivity index (χ4n) is 1.92. The number of benzene rings is 2. The van der Waals surface area contributed by atoms with E-state index in [1.54, 1.807) is 27.4 Å². The van der Waals surface area contributed by atoms with Crippen LogP contribution >= 0.6 is 0 Å². The van der Waals surface area contributed by atoms with Gasteiger partial charge < -0.3 is 19.5 Å². The molecule has 2 rings (SSSR count). The fourth-order valence-corrected chi connectivity index (χ4v) is 1.92. The first kappa shape index (κ1) is 14.1. The lowest BCUT2D eigenvalue weighted by Gasteiger charge is -2.15. The largest absolute Gasteiger partial charge is 0.494 e. The van der Waals surface area contributed by atoms with E-state index in [2.05, 4.69) is 24.4 Å². The van der Waals surface area contributed by atoms with Crippen LogP contribution in [-0.2, 0) is 0 Å². The van der Waals surface area contributed by atoms with Crippen LogP contribution in [0.15, 0.2) is 36.4 Å². The van der Waals surface area contributed by atoms with Crippen LogP contribution in [0.25, 0.3) is 0 Å². The van der Waals surface area contributed by atoms with Gasteiger partial charge in [0.05, 0.1) is 27.0 Å². The molecule has 0 bridgehead atoms. The highest BCUT2D eigenvalue weighted by molar-refractivity contribution is 5.70. The topological polar surface area (TPSA) is 39.7 Å². The third-order valence-electron chi connectivity index (χ3n) is 3.04. The summed E-state index contributed by atoms with van der Waals surface area (Å²) in [5.74, 6) is 1.99. The smallest absolute Gasteiger partial charge is 0.164 e. The van der Waals surface area contributed by atoms with E-state index in [1.165, 1.54) is 5.56 Å². The Morgan fingerprint density at radius 2 is 1.30 bits per heavy atom. The number of anilines is 2. The molecule has 1 N–H and O–H groups in total. The Balaban J connectivity index is 2.36. The molecule has 2 aromatic carbocycles. The van der Waals surface area contributed by atoms with E-state index in [1.807, 2.05) is 18.2 Å². The van der Waals surface area contributed by atoms with E-state index in [4.69, 9.17) is 14.2 Å². The number of hydrogen-bond donors (Lipinski definition) is 1. The molecule has 4 heteroatoms. The third kappa shape index (κ3) is 2.96. The van der Waals surface area contributed by atoms with Gasteiger partial charge in [-0.2, -0.15) is 0 Å². The number of ether oxygens (including phenoxy) is 3. The van der Waals surface area contributed by atoms with E-state index in [0.29, 0.717) is 17.2 Å². The van der Waals surface area contributed by atoms with Crippen molar-refractivity contribution >= 4 is 11.4 Å². The second-order valence-electron chi connectivity index (χ2n) is 4.40. The van der Waals surface area contributed by atoms with Gasteiger partial charge in [-0.3, -0.25) is 0 Å². The maximum atomic E-state index is 5.39. The molecular formula is C16H19NO3. The van der Waals surface area contributed by atoms with Crippen molar-refractivity contribution in [1.82, 2.24) is 0 Å². The first-order valence-electron chi connectivity index (χ1n) is 6.31. The fraction of sp³-hybridized carbons (Fsp3) is 0.250. The van der Waals surface area contributed by atoms with Crippen LogP contribution in [0.3, 0.4) is 0 Å². The molecule has 0 unspecified atom stereocenters. The maximum Gasteiger partial charge on any atom is 0.164 e. The lowest BCUT2D eigenvalue weighted by molar-refractivity contribution is 0.349. The Morgan fingerprint density at radius 3 is 1.85 bits per heavy atom. The zero-order valence-corrected chi connectivity index (χ0v) is 12.2. The second-order valence-corrected chi connectivity index (χ2v) is 4.40. The van der Waals surface area contributed by atoms with Gasteiger partial charge in [0.25, 0.3) is 0 Å². The van der Waals surface area contributed by atoms with Gasteiger partial charge in [0.15, 0.2) is 11.5 Å². The minimum absolute atomic E-state index is 0.638. The zero-order valence-electron chi connectivity index (χ0n) is 12.2. The molecule has 0 aliphatic rings. The third-order valence-corrected chi connectivity index (χ3v) is 3.04. The monoisotopic (exact) mass is 273 g/mol. The van der Waals surface area contributed by atoms with Crippen molar-refractivity contribution in [3.05, 3.63) is 42.0 Å². The molecule has 0 fully saturated rings. The summed E-state index contributed by atoms with van der Waals surface area (Å²) in [6.45, 7) is 2.06. The number of nitrogens with one attached hydrogen (secondary N) is 1. The van der Waals surface area contributed by atoms with E-state index < -0.39 is 0 Å². The summed E-state index contributed by atoms with van der Waals surface area (Å²) in [6, 6.07) is 11.8. The Bertz CT molecular complexity index is 579. The normalized spacial score (nSPS) is 10.0. The Morgan fingerprint density at radius 1 is 0.750 bits per heavy atom. The quantitative estimate of drug-likeness (QED) is 0.900. The van der Waals surface area contributed by atoms with E-state index in [-0.39, 0.29) is 0 Å². The summed E-state index contributed by atoms with van der Waals surface area (Å²) < 4.78 is 16.0. The van der Waals surface area contributed by atoms with Gasteiger partial charge in [-0.25, -0.2) is 0 Å². The molecular weight excluding hydrogens is 254 g/mol. The number of rotatable bonds is 5. The van der Waals surface area contributed by atoms with Crippen LogP contribution in [0.1, 0.15) is 5.56 Å². The molecule has 0 aliphatic carbocycles. The molecule has 4 nitrogen and oxygen atoms in total. The summed E-state index contributed by atoms with van der Waals surface area (Å²) in [4.78, 5) is 0. The molecule has 0 heterocycles. The van der Waals surface area contributed by atoms with Crippen LogP contribution in [0.5, 0.6) is 17.2 Å².